The molecule has 0 aliphatic rings. The highest BCUT2D eigenvalue weighted by atomic mass is 16.6. The molecule has 0 saturated heterocycles. The summed E-state index contributed by atoms with van der Waals surface area (Å²) >= 11 is 0. The summed E-state index contributed by atoms with van der Waals surface area (Å²) in [4.78, 5) is 37.6. The highest BCUT2D eigenvalue weighted by Crippen LogP contribution is 2.15. The van der Waals surface area contributed by atoms with Gasteiger partial charge < -0.3 is 14.2 Å². The summed E-state index contributed by atoms with van der Waals surface area (Å²) in [5, 5.41) is 0. The molecule has 1 unspecified atom stereocenters. The quantitative estimate of drug-likeness (QED) is 0.0262. The maximum Gasteiger partial charge on any atom is 0.306 e. The van der Waals surface area contributed by atoms with Crippen molar-refractivity contribution >= 4 is 17.9 Å². The predicted molar refractivity (Wildman–Crippen MR) is 288 cm³/mol. The van der Waals surface area contributed by atoms with Crippen LogP contribution in [0.3, 0.4) is 0 Å². The Morgan fingerprint density at radius 1 is 0.313 bits per heavy atom. The summed E-state index contributed by atoms with van der Waals surface area (Å²) in [5.74, 6) is -0.910. The maximum atomic E-state index is 12.7. The molecule has 67 heavy (non-hydrogen) atoms. The Bertz CT molecular complexity index is 1350. The van der Waals surface area contributed by atoms with Crippen LogP contribution in [0.4, 0.5) is 0 Å². The molecule has 6 heteroatoms. The Morgan fingerprint density at radius 2 is 0.597 bits per heavy atom. The zero-order chi connectivity index (χ0) is 48.6. The second kappa shape index (κ2) is 54.9. The second-order valence-corrected chi connectivity index (χ2v) is 18.1. The van der Waals surface area contributed by atoms with Crippen molar-refractivity contribution in [2.45, 2.75) is 258 Å². The molecule has 0 aromatic carbocycles. The van der Waals surface area contributed by atoms with E-state index >= 15 is 0 Å². The average molecular weight is 931 g/mol. The molecule has 0 N–H and O–H groups in total. The standard InChI is InChI=1S/C61H102O6/c1-4-7-10-13-15-17-19-20-21-22-23-24-25-26-27-28-29-30-31-32-33-34-35-36-37-38-39-40-42-43-45-48-51-54-60(63)66-57-58(56-65-59(62)53-50-47-12-9-6-3)67-61(64)55-52-49-46-44-41-18-16-14-11-8-5-2/h7,10,14-17,20-21,23-24,26-27,29-30,32-33,58H,4-6,8-9,11-13,18-19,22,25,28,31,34-57H2,1-3H3/b10-7-,16-14-,17-15-,21-20-,24-23-,27-26-,30-29-,33-32-. The van der Waals surface area contributed by atoms with E-state index in [1.54, 1.807) is 0 Å². The zero-order valence-corrected chi connectivity index (χ0v) is 43.6. The molecule has 1 atom stereocenters. The van der Waals surface area contributed by atoms with Gasteiger partial charge in [0.05, 0.1) is 0 Å². The van der Waals surface area contributed by atoms with Gasteiger partial charge in [-0.25, -0.2) is 0 Å². The van der Waals surface area contributed by atoms with Crippen LogP contribution in [0.2, 0.25) is 0 Å². The molecule has 6 nitrogen and oxygen atoms in total. The number of hydrogen-bond donors (Lipinski definition) is 0. The third-order valence-corrected chi connectivity index (χ3v) is 11.6. The topological polar surface area (TPSA) is 78.9 Å². The molecule has 0 fully saturated rings. The second-order valence-electron chi connectivity index (χ2n) is 18.1. The minimum absolute atomic E-state index is 0.0811. The summed E-state index contributed by atoms with van der Waals surface area (Å²) in [7, 11) is 0. The molecule has 0 aliphatic heterocycles. The fourth-order valence-corrected chi connectivity index (χ4v) is 7.40. The van der Waals surface area contributed by atoms with Gasteiger partial charge in [-0.3, -0.25) is 14.4 Å². The van der Waals surface area contributed by atoms with Crippen molar-refractivity contribution in [3.05, 3.63) is 97.2 Å². The fraction of sp³-hybridized carbons (Fsp3) is 0.689. The lowest BCUT2D eigenvalue weighted by molar-refractivity contribution is -0.167. The van der Waals surface area contributed by atoms with Crippen LogP contribution in [-0.2, 0) is 28.6 Å². The lowest BCUT2D eigenvalue weighted by Gasteiger charge is -2.18. The van der Waals surface area contributed by atoms with Crippen molar-refractivity contribution in [2.75, 3.05) is 13.2 Å². The number of esters is 3. The number of ether oxygens (including phenoxy) is 3. The van der Waals surface area contributed by atoms with E-state index in [4.69, 9.17) is 14.2 Å². The van der Waals surface area contributed by atoms with E-state index in [9.17, 15) is 14.4 Å². The molecule has 382 valence electrons. The largest absolute Gasteiger partial charge is 0.462 e. The van der Waals surface area contributed by atoms with Crippen molar-refractivity contribution in [3.63, 3.8) is 0 Å². The number of unbranched alkanes of at least 4 members (excludes halogenated alkanes) is 22. The smallest absolute Gasteiger partial charge is 0.306 e. The van der Waals surface area contributed by atoms with Crippen LogP contribution in [0.15, 0.2) is 97.2 Å². The van der Waals surface area contributed by atoms with Gasteiger partial charge >= 0.3 is 17.9 Å². The third kappa shape index (κ3) is 53.2. The molecule has 0 spiro atoms. The average Bonchev–Trinajstić information content (AvgIpc) is 3.33. The Hall–Kier alpha value is -3.67. The van der Waals surface area contributed by atoms with Crippen molar-refractivity contribution in [1.29, 1.82) is 0 Å². The first kappa shape index (κ1) is 63.3. The summed E-state index contributed by atoms with van der Waals surface area (Å²) in [6, 6.07) is 0. The van der Waals surface area contributed by atoms with Gasteiger partial charge in [0.25, 0.3) is 0 Å². The van der Waals surface area contributed by atoms with E-state index in [2.05, 4.69) is 118 Å². The number of carbonyl (C=O) groups excluding carboxylic acids is 3. The van der Waals surface area contributed by atoms with Crippen LogP contribution in [0.25, 0.3) is 0 Å². The van der Waals surface area contributed by atoms with Gasteiger partial charge in [-0.15, -0.1) is 0 Å². The van der Waals surface area contributed by atoms with Crippen molar-refractivity contribution in [1.82, 2.24) is 0 Å². The molecule has 0 heterocycles. The summed E-state index contributed by atoms with van der Waals surface area (Å²) in [5.41, 5.74) is 0. The molecular formula is C61H102O6. The summed E-state index contributed by atoms with van der Waals surface area (Å²) < 4.78 is 16.6. The van der Waals surface area contributed by atoms with Crippen LogP contribution < -0.4 is 0 Å². The maximum absolute atomic E-state index is 12.7. The molecule has 0 amide bonds. The molecular weight excluding hydrogens is 829 g/mol. The van der Waals surface area contributed by atoms with Gasteiger partial charge in [-0.1, -0.05) is 234 Å². The summed E-state index contributed by atoms with van der Waals surface area (Å²) in [6.45, 7) is 6.38. The minimum Gasteiger partial charge on any atom is -0.462 e. The van der Waals surface area contributed by atoms with Gasteiger partial charge in [0.15, 0.2) is 6.10 Å². The van der Waals surface area contributed by atoms with E-state index in [-0.39, 0.29) is 31.1 Å². The van der Waals surface area contributed by atoms with Crippen molar-refractivity contribution in [2.24, 2.45) is 0 Å². The number of rotatable bonds is 49. The van der Waals surface area contributed by atoms with Crippen LogP contribution in [-0.4, -0.2) is 37.2 Å². The van der Waals surface area contributed by atoms with E-state index < -0.39 is 6.10 Å². The number of carbonyl (C=O) groups is 3. The first-order chi connectivity index (χ1) is 33.0. The Balaban J connectivity index is 3.99. The Morgan fingerprint density at radius 3 is 0.970 bits per heavy atom. The predicted octanol–water partition coefficient (Wildman–Crippen LogP) is 18.5. The highest BCUT2D eigenvalue weighted by molar-refractivity contribution is 5.71. The van der Waals surface area contributed by atoms with E-state index in [0.717, 1.165) is 122 Å². The molecule has 0 aromatic rings. The van der Waals surface area contributed by atoms with Crippen LogP contribution in [0.5, 0.6) is 0 Å². The van der Waals surface area contributed by atoms with Crippen LogP contribution in [0, 0.1) is 0 Å². The Kier molecular flexibility index (Phi) is 51.9. The third-order valence-electron chi connectivity index (χ3n) is 11.6. The monoisotopic (exact) mass is 931 g/mol. The van der Waals surface area contributed by atoms with E-state index in [1.807, 2.05) is 0 Å². The first-order valence-corrected chi connectivity index (χ1v) is 27.7. The van der Waals surface area contributed by atoms with Gasteiger partial charge in [-0.05, 0) is 96.3 Å². The highest BCUT2D eigenvalue weighted by Gasteiger charge is 2.19. The van der Waals surface area contributed by atoms with Crippen molar-refractivity contribution in [3.8, 4) is 0 Å². The van der Waals surface area contributed by atoms with Crippen LogP contribution >= 0.6 is 0 Å². The molecule has 0 bridgehead atoms. The molecule has 0 rings (SSSR count). The van der Waals surface area contributed by atoms with E-state index in [0.29, 0.717) is 19.3 Å². The molecule has 0 aliphatic carbocycles. The SMILES string of the molecule is CC/C=C\C/C=C\C/C=C\C/C=C\C/C=C\C/C=C\C/C=C\CCCCCCCCCCCCCC(=O)OCC(COC(=O)CCCCCCC)OC(=O)CCCCCCC/C=C\CCCC. The Labute approximate surface area is 413 Å². The number of allylic oxidation sites excluding steroid dienone is 16. The first-order valence-electron chi connectivity index (χ1n) is 27.7. The summed E-state index contributed by atoms with van der Waals surface area (Å²) in [6.07, 6.45) is 73.1. The minimum atomic E-state index is -0.776. The lowest BCUT2D eigenvalue weighted by Crippen LogP contribution is -2.30. The molecule has 0 radical (unpaired) electrons. The van der Waals surface area contributed by atoms with Gasteiger partial charge in [0.1, 0.15) is 13.2 Å². The lowest BCUT2D eigenvalue weighted by atomic mass is 10.0. The van der Waals surface area contributed by atoms with Gasteiger partial charge in [0.2, 0.25) is 0 Å². The van der Waals surface area contributed by atoms with Gasteiger partial charge in [0, 0.05) is 19.3 Å². The molecule has 0 aromatic heterocycles. The zero-order valence-electron chi connectivity index (χ0n) is 43.6. The van der Waals surface area contributed by atoms with Crippen molar-refractivity contribution < 1.29 is 28.6 Å². The fourth-order valence-electron chi connectivity index (χ4n) is 7.40. The van der Waals surface area contributed by atoms with Gasteiger partial charge in [-0.2, -0.15) is 0 Å². The number of hydrogen-bond acceptors (Lipinski definition) is 6. The molecule has 0 saturated carbocycles. The van der Waals surface area contributed by atoms with E-state index in [1.165, 1.54) is 89.9 Å². The van der Waals surface area contributed by atoms with Crippen LogP contribution in [0.1, 0.15) is 252 Å². The normalized spacial score (nSPS) is 12.8.